The van der Waals surface area contributed by atoms with Crippen molar-refractivity contribution in [2.45, 2.75) is 13.0 Å². The number of aryl methyl sites for hydroxylation is 1. The van der Waals surface area contributed by atoms with Gasteiger partial charge in [0.15, 0.2) is 10.4 Å². The Hall–Kier alpha value is -1.21. The predicted molar refractivity (Wildman–Crippen MR) is 69.2 cm³/mol. The van der Waals surface area contributed by atoms with E-state index in [4.69, 9.17) is 12.2 Å². The van der Waals surface area contributed by atoms with Crippen LogP contribution in [0.2, 0.25) is 0 Å². The fourth-order valence-corrected chi connectivity index (χ4v) is 2.62. The zero-order chi connectivity index (χ0) is 12.5. The highest BCUT2D eigenvalue weighted by Crippen LogP contribution is 2.11. The van der Waals surface area contributed by atoms with Gasteiger partial charge in [0.2, 0.25) is 0 Å². The Bertz CT molecular complexity index is 685. The van der Waals surface area contributed by atoms with Crippen LogP contribution in [0.5, 0.6) is 0 Å². The Balaban J connectivity index is 2.24. The van der Waals surface area contributed by atoms with E-state index in [9.17, 15) is 8.42 Å². The fraction of sp³-hybridized carbons (Fsp3) is 0.400. The first-order valence-electron chi connectivity index (χ1n) is 5.18. The third kappa shape index (κ3) is 2.92. The van der Waals surface area contributed by atoms with E-state index in [1.54, 1.807) is 6.20 Å². The molecule has 0 atom stereocenters. The van der Waals surface area contributed by atoms with Gasteiger partial charge in [-0.15, -0.1) is 0 Å². The Labute approximate surface area is 104 Å². The third-order valence-electron chi connectivity index (χ3n) is 2.43. The van der Waals surface area contributed by atoms with Crippen LogP contribution in [0.1, 0.15) is 6.42 Å². The van der Waals surface area contributed by atoms with Crippen molar-refractivity contribution in [3.63, 3.8) is 0 Å². The van der Waals surface area contributed by atoms with Crippen LogP contribution >= 0.6 is 12.2 Å². The molecule has 92 valence electrons. The summed E-state index contributed by atoms with van der Waals surface area (Å²) in [5.74, 6) is 0.161. The summed E-state index contributed by atoms with van der Waals surface area (Å²) in [6.45, 7) is 0.558. The number of nitrogens with zero attached hydrogens (tertiary/aromatic N) is 2. The second kappa shape index (κ2) is 4.58. The lowest BCUT2D eigenvalue weighted by Gasteiger charge is -2.02. The zero-order valence-electron chi connectivity index (χ0n) is 9.38. The molecule has 1 N–H and O–H groups in total. The van der Waals surface area contributed by atoms with Gasteiger partial charge in [0.1, 0.15) is 9.84 Å². The van der Waals surface area contributed by atoms with Crippen LogP contribution < -0.4 is 0 Å². The van der Waals surface area contributed by atoms with E-state index in [1.165, 1.54) is 6.26 Å². The molecule has 2 aromatic rings. The standard InChI is InChI=1S/C10H13N3O2S2/c1-17(14,15)7-3-6-13-9-8(12-10(13)16)4-2-5-11-9/h2,4-5H,3,6-7H2,1H3,(H,12,16). The molecule has 0 aliphatic heterocycles. The molecular weight excluding hydrogens is 258 g/mol. The van der Waals surface area contributed by atoms with E-state index < -0.39 is 9.84 Å². The number of fused-ring (bicyclic) bond motifs is 1. The molecule has 0 bridgehead atoms. The molecular formula is C10H13N3O2S2. The van der Waals surface area contributed by atoms with E-state index >= 15 is 0 Å². The highest BCUT2D eigenvalue weighted by atomic mass is 32.2. The van der Waals surface area contributed by atoms with Crippen LogP contribution in [0.15, 0.2) is 18.3 Å². The largest absolute Gasteiger partial charge is 0.329 e. The number of rotatable bonds is 4. The summed E-state index contributed by atoms with van der Waals surface area (Å²) in [6.07, 6.45) is 3.47. The van der Waals surface area contributed by atoms with E-state index in [-0.39, 0.29) is 5.75 Å². The molecule has 0 radical (unpaired) electrons. The van der Waals surface area contributed by atoms with Crippen LogP contribution in [-0.2, 0) is 16.4 Å². The molecule has 0 spiro atoms. The van der Waals surface area contributed by atoms with Crippen molar-refractivity contribution in [1.82, 2.24) is 14.5 Å². The number of hydrogen-bond acceptors (Lipinski definition) is 4. The minimum absolute atomic E-state index is 0.161. The van der Waals surface area contributed by atoms with Gasteiger partial charge in [0.05, 0.1) is 11.3 Å². The molecule has 0 amide bonds. The van der Waals surface area contributed by atoms with Gasteiger partial charge < -0.3 is 9.55 Å². The first kappa shape index (κ1) is 12.3. The van der Waals surface area contributed by atoms with E-state index in [1.807, 2.05) is 16.7 Å². The molecule has 5 nitrogen and oxygen atoms in total. The van der Waals surface area contributed by atoms with Crippen molar-refractivity contribution in [3.05, 3.63) is 23.1 Å². The van der Waals surface area contributed by atoms with Crippen LogP contribution in [0.4, 0.5) is 0 Å². The fourth-order valence-electron chi connectivity index (χ4n) is 1.68. The van der Waals surface area contributed by atoms with Crippen LogP contribution in [0.25, 0.3) is 11.2 Å². The molecule has 2 heterocycles. The van der Waals surface area contributed by atoms with Crippen LogP contribution in [0.3, 0.4) is 0 Å². The van der Waals surface area contributed by atoms with E-state index in [0.29, 0.717) is 17.7 Å². The summed E-state index contributed by atoms with van der Waals surface area (Å²) >= 11 is 5.18. The summed E-state index contributed by atoms with van der Waals surface area (Å²) in [7, 11) is -2.92. The summed E-state index contributed by atoms with van der Waals surface area (Å²) < 4.78 is 24.5. The number of H-pyrrole nitrogens is 1. The number of aromatic amines is 1. The molecule has 0 aliphatic carbocycles. The molecule has 2 aromatic heterocycles. The Kier molecular flexibility index (Phi) is 3.30. The first-order valence-corrected chi connectivity index (χ1v) is 7.65. The molecule has 0 saturated carbocycles. The van der Waals surface area contributed by atoms with Gasteiger partial charge in [-0.2, -0.15) is 0 Å². The van der Waals surface area contributed by atoms with Gasteiger partial charge in [-0.1, -0.05) is 0 Å². The lowest BCUT2D eigenvalue weighted by atomic mass is 10.4. The second-order valence-corrected chi connectivity index (χ2v) is 6.59. The van der Waals surface area contributed by atoms with Gasteiger partial charge in [0.25, 0.3) is 0 Å². The molecule has 0 aliphatic rings. The number of nitrogens with one attached hydrogen (secondary N) is 1. The lowest BCUT2D eigenvalue weighted by molar-refractivity contribution is 0.592. The van der Waals surface area contributed by atoms with Crippen molar-refractivity contribution >= 4 is 33.2 Å². The number of imidazole rings is 1. The smallest absolute Gasteiger partial charge is 0.179 e. The molecule has 0 fully saturated rings. The summed E-state index contributed by atoms with van der Waals surface area (Å²) in [6, 6.07) is 3.72. The quantitative estimate of drug-likeness (QED) is 0.856. The molecule has 17 heavy (non-hydrogen) atoms. The maximum Gasteiger partial charge on any atom is 0.179 e. The van der Waals surface area contributed by atoms with E-state index in [0.717, 1.165) is 11.2 Å². The maximum atomic E-state index is 11.0. The molecule has 0 saturated heterocycles. The van der Waals surface area contributed by atoms with Crippen molar-refractivity contribution in [3.8, 4) is 0 Å². The number of pyridine rings is 1. The van der Waals surface area contributed by atoms with Gasteiger partial charge in [0, 0.05) is 19.0 Å². The van der Waals surface area contributed by atoms with Gasteiger partial charge >= 0.3 is 0 Å². The van der Waals surface area contributed by atoms with Crippen molar-refractivity contribution in [2.24, 2.45) is 0 Å². The Morgan fingerprint density at radius 1 is 1.53 bits per heavy atom. The summed E-state index contributed by atoms with van der Waals surface area (Å²) in [5, 5.41) is 0. The molecule has 7 heteroatoms. The average molecular weight is 271 g/mol. The van der Waals surface area contributed by atoms with Gasteiger partial charge in [-0.25, -0.2) is 13.4 Å². The molecule has 0 aromatic carbocycles. The number of sulfone groups is 1. The molecule has 2 rings (SSSR count). The number of hydrogen-bond donors (Lipinski definition) is 1. The zero-order valence-corrected chi connectivity index (χ0v) is 11.0. The highest BCUT2D eigenvalue weighted by Gasteiger charge is 2.06. The molecule has 0 unspecified atom stereocenters. The van der Waals surface area contributed by atoms with Crippen LogP contribution in [0, 0.1) is 4.77 Å². The van der Waals surface area contributed by atoms with Crippen LogP contribution in [-0.4, -0.2) is 35.0 Å². The Morgan fingerprint density at radius 3 is 3.00 bits per heavy atom. The normalized spacial score (nSPS) is 12.1. The third-order valence-corrected chi connectivity index (χ3v) is 3.78. The minimum atomic E-state index is -2.92. The van der Waals surface area contributed by atoms with Gasteiger partial charge in [-0.3, -0.25) is 0 Å². The van der Waals surface area contributed by atoms with Gasteiger partial charge in [-0.05, 0) is 30.8 Å². The SMILES string of the molecule is CS(=O)(=O)CCCn1c(=S)[nH]c2cccnc21. The van der Waals surface area contributed by atoms with E-state index in [2.05, 4.69) is 9.97 Å². The monoisotopic (exact) mass is 271 g/mol. The first-order chi connectivity index (χ1) is 7.97. The van der Waals surface area contributed by atoms with Crippen molar-refractivity contribution in [1.29, 1.82) is 0 Å². The second-order valence-electron chi connectivity index (χ2n) is 3.94. The number of aromatic nitrogens is 3. The van der Waals surface area contributed by atoms with Crippen molar-refractivity contribution < 1.29 is 8.42 Å². The topological polar surface area (TPSA) is 67.8 Å². The maximum absolute atomic E-state index is 11.0. The lowest BCUT2D eigenvalue weighted by Crippen LogP contribution is -2.07. The predicted octanol–water partition coefficient (Wildman–Crippen LogP) is 1.53. The minimum Gasteiger partial charge on any atom is -0.329 e. The average Bonchev–Trinajstić information content (AvgIpc) is 2.54. The Morgan fingerprint density at radius 2 is 2.29 bits per heavy atom. The van der Waals surface area contributed by atoms with Crippen molar-refractivity contribution in [2.75, 3.05) is 12.0 Å². The summed E-state index contributed by atoms with van der Waals surface area (Å²) in [4.78, 5) is 7.27. The summed E-state index contributed by atoms with van der Waals surface area (Å²) in [5.41, 5.74) is 1.64. The highest BCUT2D eigenvalue weighted by molar-refractivity contribution is 7.90.